The third-order valence-electron chi connectivity index (χ3n) is 1.41. The summed E-state index contributed by atoms with van der Waals surface area (Å²) in [5.41, 5.74) is 0. The molecule has 0 aliphatic rings. The first-order chi connectivity index (χ1) is 6.76. The van der Waals surface area contributed by atoms with E-state index >= 15 is 0 Å². The number of thiazole rings is 1. The first-order valence-corrected chi connectivity index (χ1v) is 5.04. The molecular weight excluding hydrogens is 226 g/mol. The summed E-state index contributed by atoms with van der Waals surface area (Å²) in [6.07, 6.45) is 1.69. The molecule has 2 N–H and O–H groups in total. The van der Waals surface area contributed by atoms with Gasteiger partial charge in [-0.25, -0.2) is 9.82 Å². The summed E-state index contributed by atoms with van der Waals surface area (Å²) in [4.78, 5) is 18.3. The Bertz CT molecular complexity index is 305. The molecule has 14 heavy (non-hydrogen) atoms. The van der Waals surface area contributed by atoms with Gasteiger partial charge in [-0.1, -0.05) is 0 Å². The number of hydrogen-bond acceptors (Lipinski definition) is 6. The second-order valence-corrected chi connectivity index (χ2v) is 3.75. The number of halogens is 1. The number of ether oxygens (including phenoxy) is 1. The van der Waals surface area contributed by atoms with Gasteiger partial charge in [0.1, 0.15) is 6.54 Å². The molecule has 5 nitrogen and oxygen atoms in total. The molecule has 1 heterocycles. The Balaban J connectivity index is 2.39. The second-order valence-electron chi connectivity index (χ2n) is 2.37. The lowest BCUT2D eigenvalue weighted by Gasteiger charge is -1.99. The lowest BCUT2D eigenvalue weighted by Crippen LogP contribution is -2.14. The lowest BCUT2D eigenvalue weighted by atomic mass is 10.6. The number of carbonyl (C=O) groups excluding carboxylic acids is 1. The summed E-state index contributed by atoms with van der Waals surface area (Å²) >= 11 is 6.76. The topological polar surface area (TPSA) is 63.2 Å². The summed E-state index contributed by atoms with van der Waals surface area (Å²) in [6.45, 7) is 0.677. The summed E-state index contributed by atoms with van der Waals surface area (Å²) in [5.74, 6) is -0.322. The zero-order valence-corrected chi connectivity index (χ0v) is 9.11. The maximum atomic E-state index is 10.8. The molecule has 0 bridgehead atoms. The number of nitrogens with zero attached hydrogens (tertiary/aromatic N) is 1. The minimum absolute atomic E-state index is 0.123. The number of anilines is 1. The van der Waals surface area contributed by atoms with E-state index in [0.717, 1.165) is 4.88 Å². The van der Waals surface area contributed by atoms with Gasteiger partial charge in [0.15, 0.2) is 5.13 Å². The van der Waals surface area contributed by atoms with Gasteiger partial charge in [0.05, 0.1) is 7.11 Å². The fourth-order valence-electron chi connectivity index (χ4n) is 0.757. The largest absolute Gasteiger partial charge is 0.468 e. The molecule has 0 spiro atoms. The Morgan fingerprint density at radius 1 is 1.79 bits per heavy atom. The molecule has 0 aliphatic carbocycles. The Labute approximate surface area is 90.5 Å². The third-order valence-corrected chi connectivity index (χ3v) is 2.49. The molecule has 0 unspecified atom stereocenters. The predicted octanol–water partition coefficient (Wildman–Crippen LogP) is 0.971. The van der Waals surface area contributed by atoms with E-state index in [2.05, 4.69) is 19.9 Å². The van der Waals surface area contributed by atoms with Crippen molar-refractivity contribution in [2.75, 3.05) is 19.0 Å². The standard InChI is InChI=1S/C7H10ClN3O2S/c1-13-6(12)4-10-7-9-2-5(14-7)3-11-8/h2,11H,3-4H2,1H3,(H,9,10). The van der Waals surface area contributed by atoms with Gasteiger partial charge < -0.3 is 10.1 Å². The van der Waals surface area contributed by atoms with Gasteiger partial charge in [0.2, 0.25) is 0 Å². The summed E-state index contributed by atoms with van der Waals surface area (Å²) in [7, 11) is 1.34. The maximum Gasteiger partial charge on any atom is 0.325 e. The van der Waals surface area contributed by atoms with Crippen LogP contribution in [0.4, 0.5) is 5.13 Å². The minimum Gasteiger partial charge on any atom is -0.468 e. The first-order valence-electron chi connectivity index (χ1n) is 3.85. The Hall–Kier alpha value is -0.850. The third kappa shape index (κ3) is 3.49. The highest BCUT2D eigenvalue weighted by Gasteiger charge is 2.03. The van der Waals surface area contributed by atoms with Crippen molar-refractivity contribution in [2.24, 2.45) is 0 Å². The van der Waals surface area contributed by atoms with Crippen LogP contribution in [-0.2, 0) is 16.1 Å². The first kappa shape index (κ1) is 11.2. The molecule has 1 aromatic rings. The number of esters is 1. The number of hydrogen-bond donors (Lipinski definition) is 2. The number of methoxy groups -OCH3 is 1. The van der Waals surface area contributed by atoms with Crippen molar-refractivity contribution in [1.29, 1.82) is 0 Å². The predicted molar refractivity (Wildman–Crippen MR) is 55.3 cm³/mol. The Morgan fingerprint density at radius 3 is 3.21 bits per heavy atom. The van der Waals surface area contributed by atoms with Crippen LogP contribution in [-0.4, -0.2) is 24.6 Å². The van der Waals surface area contributed by atoms with Crippen molar-refractivity contribution in [1.82, 2.24) is 9.82 Å². The average molecular weight is 236 g/mol. The second kappa shape index (κ2) is 5.79. The summed E-state index contributed by atoms with van der Waals surface area (Å²) in [6, 6.07) is 0. The molecule has 0 aliphatic heterocycles. The van der Waals surface area contributed by atoms with Crippen molar-refractivity contribution in [3.8, 4) is 0 Å². The van der Waals surface area contributed by atoms with E-state index in [4.69, 9.17) is 11.8 Å². The molecule has 0 radical (unpaired) electrons. The van der Waals surface area contributed by atoms with Crippen LogP contribution in [0.3, 0.4) is 0 Å². The van der Waals surface area contributed by atoms with Crippen LogP contribution in [0.2, 0.25) is 0 Å². The van der Waals surface area contributed by atoms with Crippen LogP contribution in [0.1, 0.15) is 4.88 Å². The van der Waals surface area contributed by atoms with Crippen molar-refractivity contribution in [2.45, 2.75) is 6.54 Å². The quantitative estimate of drug-likeness (QED) is 0.588. The van der Waals surface area contributed by atoms with Crippen LogP contribution in [0.25, 0.3) is 0 Å². The van der Waals surface area contributed by atoms with Crippen LogP contribution >= 0.6 is 23.1 Å². The molecule has 0 fully saturated rings. The highest BCUT2D eigenvalue weighted by Crippen LogP contribution is 2.17. The molecule has 7 heteroatoms. The fourth-order valence-corrected chi connectivity index (χ4v) is 1.73. The van der Waals surface area contributed by atoms with Crippen molar-refractivity contribution >= 4 is 34.2 Å². The number of carbonyl (C=O) groups is 1. The van der Waals surface area contributed by atoms with Gasteiger partial charge in [-0.15, -0.1) is 11.3 Å². The monoisotopic (exact) mass is 235 g/mol. The number of rotatable bonds is 5. The van der Waals surface area contributed by atoms with Crippen molar-refractivity contribution in [3.05, 3.63) is 11.1 Å². The molecule has 1 aromatic heterocycles. The van der Waals surface area contributed by atoms with E-state index in [1.165, 1.54) is 18.4 Å². The normalized spacial score (nSPS) is 9.86. The van der Waals surface area contributed by atoms with Gasteiger partial charge >= 0.3 is 5.97 Å². The van der Waals surface area contributed by atoms with E-state index in [0.29, 0.717) is 11.7 Å². The van der Waals surface area contributed by atoms with Gasteiger partial charge in [0, 0.05) is 17.6 Å². The molecule has 0 aromatic carbocycles. The zero-order chi connectivity index (χ0) is 10.4. The van der Waals surface area contributed by atoms with Gasteiger partial charge in [-0.3, -0.25) is 4.79 Å². The van der Waals surface area contributed by atoms with Crippen LogP contribution in [0.15, 0.2) is 6.20 Å². The molecule has 78 valence electrons. The highest BCUT2D eigenvalue weighted by atomic mass is 35.5. The fraction of sp³-hybridized carbons (Fsp3) is 0.429. The molecule has 0 saturated heterocycles. The van der Waals surface area contributed by atoms with E-state index < -0.39 is 0 Å². The van der Waals surface area contributed by atoms with Crippen LogP contribution in [0.5, 0.6) is 0 Å². The SMILES string of the molecule is COC(=O)CNc1ncc(CNCl)s1. The Kier molecular flexibility index (Phi) is 4.64. The van der Waals surface area contributed by atoms with E-state index in [1.54, 1.807) is 6.20 Å². The molecule has 0 saturated carbocycles. The smallest absolute Gasteiger partial charge is 0.325 e. The Morgan fingerprint density at radius 2 is 2.57 bits per heavy atom. The van der Waals surface area contributed by atoms with Crippen LogP contribution in [0, 0.1) is 0 Å². The zero-order valence-electron chi connectivity index (χ0n) is 7.54. The van der Waals surface area contributed by atoms with E-state index in [9.17, 15) is 4.79 Å². The van der Waals surface area contributed by atoms with E-state index in [-0.39, 0.29) is 12.5 Å². The minimum atomic E-state index is -0.322. The van der Waals surface area contributed by atoms with Gasteiger partial charge in [0.25, 0.3) is 0 Å². The van der Waals surface area contributed by atoms with Crippen molar-refractivity contribution in [3.63, 3.8) is 0 Å². The lowest BCUT2D eigenvalue weighted by molar-refractivity contribution is -0.138. The highest BCUT2D eigenvalue weighted by molar-refractivity contribution is 7.15. The average Bonchev–Trinajstić information content (AvgIpc) is 2.63. The molecular formula is C7H10ClN3O2S. The summed E-state index contributed by atoms with van der Waals surface area (Å²) < 4.78 is 4.47. The van der Waals surface area contributed by atoms with Gasteiger partial charge in [-0.05, 0) is 11.8 Å². The summed E-state index contributed by atoms with van der Waals surface area (Å²) in [5, 5.41) is 3.51. The molecule has 1 rings (SSSR count). The van der Waals surface area contributed by atoms with Gasteiger partial charge in [-0.2, -0.15) is 0 Å². The van der Waals surface area contributed by atoms with E-state index in [1.807, 2.05) is 0 Å². The maximum absolute atomic E-state index is 10.8. The van der Waals surface area contributed by atoms with Crippen LogP contribution < -0.4 is 10.2 Å². The number of aromatic nitrogens is 1. The molecule has 0 atom stereocenters. The molecule has 0 amide bonds. The van der Waals surface area contributed by atoms with Crippen molar-refractivity contribution < 1.29 is 9.53 Å². The number of nitrogens with one attached hydrogen (secondary N) is 2.